The molecule has 5 heteroatoms. The molecule has 1 heterocycles. The van der Waals surface area contributed by atoms with Crippen LogP contribution in [0.1, 0.15) is 23.1 Å². The highest BCUT2D eigenvalue weighted by molar-refractivity contribution is 5.85. The summed E-state index contributed by atoms with van der Waals surface area (Å²) >= 11 is 0. The predicted octanol–water partition coefficient (Wildman–Crippen LogP) is 1.36. The first-order valence-corrected chi connectivity index (χ1v) is 5.86. The summed E-state index contributed by atoms with van der Waals surface area (Å²) in [5, 5.41) is 6.19. The van der Waals surface area contributed by atoms with Gasteiger partial charge in [-0.25, -0.2) is 0 Å². The van der Waals surface area contributed by atoms with E-state index in [2.05, 4.69) is 28.8 Å². The maximum atomic E-state index is 11.4. The molecule has 0 bridgehead atoms. The number of rotatable bonds is 5. The van der Waals surface area contributed by atoms with E-state index in [4.69, 9.17) is 4.74 Å². The number of hydrogen-bond acceptors (Lipinski definition) is 3. The van der Waals surface area contributed by atoms with Gasteiger partial charge < -0.3 is 15.4 Å². The smallest absolute Gasteiger partial charge is 0.222 e. The quantitative estimate of drug-likeness (QED) is 0.850. The molecule has 1 aromatic carbocycles. The average Bonchev–Trinajstić information content (AvgIpc) is 2.81. The fourth-order valence-corrected chi connectivity index (χ4v) is 1.94. The average molecular weight is 271 g/mol. The molecule has 0 saturated heterocycles. The van der Waals surface area contributed by atoms with Crippen LogP contribution in [0.15, 0.2) is 18.2 Å². The van der Waals surface area contributed by atoms with Crippen molar-refractivity contribution in [1.29, 1.82) is 0 Å². The van der Waals surface area contributed by atoms with Crippen LogP contribution in [0.2, 0.25) is 0 Å². The number of hydrogen-bond donors (Lipinski definition) is 2. The van der Waals surface area contributed by atoms with Gasteiger partial charge in [-0.2, -0.15) is 0 Å². The fourth-order valence-electron chi connectivity index (χ4n) is 1.94. The number of carbonyl (C=O) groups is 1. The van der Waals surface area contributed by atoms with Crippen molar-refractivity contribution in [3.63, 3.8) is 0 Å². The van der Waals surface area contributed by atoms with Crippen LogP contribution in [-0.2, 0) is 29.2 Å². The maximum absolute atomic E-state index is 11.4. The van der Waals surface area contributed by atoms with Gasteiger partial charge in [0, 0.05) is 33.2 Å². The van der Waals surface area contributed by atoms with Gasteiger partial charge in [-0.1, -0.05) is 18.2 Å². The summed E-state index contributed by atoms with van der Waals surface area (Å²) < 4.78 is 4.86. The van der Waals surface area contributed by atoms with Crippen molar-refractivity contribution in [3.05, 3.63) is 34.9 Å². The minimum Gasteiger partial charge on any atom is -0.384 e. The molecule has 1 amide bonds. The second-order valence-corrected chi connectivity index (χ2v) is 4.23. The first-order valence-electron chi connectivity index (χ1n) is 5.86. The molecule has 0 unspecified atom stereocenters. The summed E-state index contributed by atoms with van der Waals surface area (Å²) in [5.74, 6) is 0.0328. The van der Waals surface area contributed by atoms with Crippen LogP contribution in [0.4, 0.5) is 0 Å². The summed E-state index contributed by atoms with van der Waals surface area (Å²) in [5.41, 5.74) is 3.85. The molecule has 0 fully saturated rings. The van der Waals surface area contributed by atoms with Gasteiger partial charge in [-0.15, -0.1) is 12.4 Å². The summed E-state index contributed by atoms with van der Waals surface area (Å²) in [6.45, 7) is 2.95. The standard InChI is InChI=1S/C13H18N2O2.ClH/c1-17-5-4-13(16)15-7-10-2-3-11-8-14-9-12(11)6-10;/h2-3,6,14H,4-5,7-9H2,1H3,(H,15,16);1H. The van der Waals surface area contributed by atoms with Gasteiger partial charge in [0.25, 0.3) is 0 Å². The third kappa shape index (κ3) is 3.98. The Morgan fingerprint density at radius 2 is 2.17 bits per heavy atom. The van der Waals surface area contributed by atoms with E-state index in [9.17, 15) is 4.79 Å². The lowest BCUT2D eigenvalue weighted by Crippen LogP contribution is -2.23. The van der Waals surface area contributed by atoms with E-state index < -0.39 is 0 Å². The summed E-state index contributed by atoms with van der Waals surface area (Å²) in [7, 11) is 1.60. The zero-order valence-electron chi connectivity index (χ0n) is 10.5. The molecular formula is C13H19ClN2O2. The fraction of sp³-hybridized carbons (Fsp3) is 0.462. The van der Waals surface area contributed by atoms with Gasteiger partial charge in [0.15, 0.2) is 0 Å². The van der Waals surface area contributed by atoms with Crippen molar-refractivity contribution in [2.24, 2.45) is 0 Å². The maximum Gasteiger partial charge on any atom is 0.222 e. The number of halogens is 1. The summed E-state index contributed by atoms with van der Waals surface area (Å²) in [6, 6.07) is 6.36. The molecule has 1 aliphatic rings. The van der Waals surface area contributed by atoms with Crippen LogP contribution >= 0.6 is 12.4 Å². The van der Waals surface area contributed by atoms with Gasteiger partial charge in [-0.05, 0) is 16.7 Å². The van der Waals surface area contributed by atoms with Gasteiger partial charge >= 0.3 is 0 Å². The number of nitrogens with one attached hydrogen (secondary N) is 2. The number of carbonyl (C=O) groups excluding carboxylic acids is 1. The van der Waals surface area contributed by atoms with E-state index in [1.54, 1.807) is 7.11 Å². The molecule has 2 rings (SSSR count). The Morgan fingerprint density at radius 3 is 2.94 bits per heavy atom. The second-order valence-electron chi connectivity index (χ2n) is 4.23. The zero-order chi connectivity index (χ0) is 12.1. The molecular weight excluding hydrogens is 252 g/mol. The molecule has 0 radical (unpaired) electrons. The molecule has 0 aromatic heterocycles. The predicted molar refractivity (Wildman–Crippen MR) is 72.6 cm³/mol. The topological polar surface area (TPSA) is 50.4 Å². The second kappa shape index (κ2) is 7.36. The first kappa shape index (κ1) is 15.0. The van der Waals surface area contributed by atoms with Crippen LogP contribution in [-0.4, -0.2) is 19.6 Å². The van der Waals surface area contributed by atoms with Crippen LogP contribution in [0, 0.1) is 0 Å². The Balaban J connectivity index is 0.00000162. The monoisotopic (exact) mass is 270 g/mol. The highest BCUT2D eigenvalue weighted by Gasteiger charge is 2.10. The lowest BCUT2D eigenvalue weighted by Gasteiger charge is -2.06. The van der Waals surface area contributed by atoms with Crippen molar-refractivity contribution >= 4 is 18.3 Å². The van der Waals surface area contributed by atoms with Crippen molar-refractivity contribution in [2.45, 2.75) is 26.1 Å². The van der Waals surface area contributed by atoms with Crippen LogP contribution in [0.25, 0.3) is 0 Å². The van der Waals surface area contributed by atoms with Crippen LogP contribution in [0.5, 0.6) is 0 Å². The van der Waals surface area contributed by atoms with Gasteiger partial charge in [0.2, 0.25) is 5.91 Å². The van der Waals surface area contributed by atoms with Crippen molar-refractivity contribution < 1.29 is 9.53 Å². The molecule has 0 spiro atoms. The van der Waals surface area contributed by atoms with E-state index in [-0.39, 0.29) is 18.3 Å². The lowest BCUT2D eigenvalue weighted by atomic mass is 10.1. The van der Waals surface area contributed by atoms with E-state index in [1.165, 1.54) is 11.1 Å². The largest absolute Gasteiger partial charge is 0.384 e. The van der Waals surface area contributed by atoms with Crippen LogP contribution < -0.4 is 10.6 Å². The summed E-state index contributed by atoms with van der Waals surface area (Å²) in [6.07, 6.45) is 0.420. The van der Waals surface area contributed by atoms with E-state index >= 15 is 0 Å². The number of benzene rings is 1. The molecule has 1 aromatic rings. The molecule has 18 heavy (non-hydrogen) atoms. The number of fused-ring (bicyclic) bond motifs is 1. The highest BCUT2D eigenvalue weighted by atomic mass is 35.5. The number of amides is 1. The molecule has 1 aliphatic heterocycles. The van der Waals surface area contributed by atoms with E-state index in [1.807, 2.05) is 0 Å². The third-order valence-corrected chi connectivity index (χ3v) is 2.92. The van der Waals surface area contributed by atoms with Gasteiger partial charge in [0.1, 0.15) is 0 Å². The SMILES string of the molecule is COCCC(=O)NCc1ccc2c(c1)CNC2.Cl. The molecule has 4 nitrogen and oxygen atoms in total. The van der Waals surface area contributed by atoms with E-state index in [0.29, 0.717) is 19.6 Å². The zero-order valence-corrected chi connectivity index (χ0v) is 11.3. The Kier molecular flexibility index (Phi) is 6.12. The number of ether oxygens (including phenoxy) is 1. The molecule has 100 valence electrons. The highest BCUT2D eigenvalue weighted by Crippen LogP contribution is 2.16. The Morgan fingerprint density at radius 1 is 1.39 bits per heavy atom. The lowest BCUT2D eigenvalue weighted by molar-refractivity contribution is -0.122. The Labute approximate surface area is 114 Å². The van der Waals surface area contributed by atoms with Crippen molar-refractivity contribution in [3.8, 4) is 0 Å². The third-order valence-electron chi connectivity index (χ3n) is 2.92. The van der Waals surface area contributed by atoms with Gasteiger partial charge in [-0.3, -0.25) is 4.79 Å². The normalized spacial score (nSPS) is 12.7. The Bertz CT molecular complexity index is 410. The van der Waals surface area contributed by atoms with Crippen LogP contribution in [0.3, 0.4) is 0 Å². The summed E-state index contributed by atoms with van der Waals surface area (Å²) in [4.78, 5) is 11.4. The molecule has 0 saturated carbocycles. The molecule has 0 atom stereocenters. The first-order chi connectivity index (χ1) is 8.29. The van der Waals surface area contributed by atoms with Gasteiger partial charge in [0.05, 0.1) is 6.61 Å². The van der Waals surface area contributed by atoms with Crippen molar-refractivity contribution in [2.75, 3.05) is 13.7 Å². The van der Waals surface area contributed by atoms with E-state index in [0.717, 1.165) is 18.7 Å². The van der Waals surface area contributed by atoms with Crippen molar-refractivity contribution in [1.82, 2.24) is 10.6 Å². The minimum absolute atomic E-state index is 0. The Hall–Kier alpha value is -1.10. The minimum atomic E-state index is 0. The number of methoxy groups -OCH3 is 1. The molecule has 2 N–H and O–H groups in total. The molecule has 0 aliphatic carbocycles.